The third kappa shape index (κ3) is 3.10. The number of aryl methyl sites for hydroxylation is 1. The average molecular weight is 303 g/mol. The minimum Gasteiger partial charge on any atom is -0.361 e. The second-order valence-electron chi connectivity index (χ2n) is 5.50. The number of amides is 2. The molecule has 2 heterocycles. The molecule has 1 aliphatic rings. The second kappa shape index (κ2) is 6.17. The molecular weight excluding hydrogens is 285 g/mol. The number of carbonyl (C=O) groups is 1. The molecule has 5 nitrogen and oxygen atoms in total. The SMILES string of the molecule is Cc1cc(C2CCCN2C(=O)NCc2ccc(F)cc2)no1. The van der Waals surface area contributed by atoms with Gasteiger partial charge < -0.3 is 14.7 Å². The van der Waals surface area contributed by atoms with Gasteiger partial charge in [-0.25, -0.2) is 9.18 Å². The zero-order valence-electron chi connectivity index (χ0n) is 12.4. The van der Waals surface area contributed by atoms with E-state index in [2.05, 4.69) is 10.5 Å². The van der Waals surface area contributed by atoms with E-state index in [0.29, 0.717) is 13.1 Å². The number of rotatable bonds is 3. The van der Waals surface area contributed by atoms with E-state index in [1.807, 2.05) is 13.0 Å². The minimum atomic E-state index is -0.281. The Bertz CT molecular complexity index is 654. The molecule has 3 rings (SSSR count). The van der Waals surface area contributed by atoms with E-state index in [4.69, 9.17) is 4.52 Å². The average Bonchev–Trinajstić information content (AvgIpc) is 3.14. The van der Waals surface area contributed by atoms with E-state index >= 15 is 0 Å². The van der Waals surface area contributed by atoms with Crippen LogP contribution in [0.3, 0.4) is 0 Å². The highest BCUT2D eigenvalue weighted by Crippen LogP contribution is 2.31. The molecule has 1 aromatic heterocycles. The van der Waals surface area contributed by atoms with Crippen LogP contribution >= 0.6 is 0 Å². The van der Waals surface area contributed by atoms with Gasteiger partial charge in [0.05, 0.1) is 6.04 Å². The van der Waals surface area contributed by atoms with E-state index in [1.54, 1.807) is 17.0 Å². The van der Waals surface area contributed by atoms with Crippen molar-refractivity contribution in [1.29, 1.82) is 0 Å². The number of benzene rings is 1. The number of urea groups is 1. The fourth-order valence-electron chi connectivity index (χ4n) is 2.74. The molecule has 0 aliphatic carbocycles. The van der Waals surface area contributed by atoms with Gasteiger partial charge in [-0.1, -0.05) is 17.3 Å². The van der Waals surface area contributed by atoms with Gasteiger partial charge >= 0.3 is 6.03 Å². The molecule has 6 heteroatoms. The molecule has 0 spiro atoms. The quantitative estimate of drug-likeness (QED) is 0.947. The lowest BCUT2D eigenvalue weighted by molar-refractivity contribution is 0.190. The van der Waals surface area contributed by atoms with Crippen LogP contribution in [0.5, 0.6) is 0 Å². The molecule has 0 radical (unpaired) electrons. The Morgan fingerprint density at radius 1 is 1.45 bits per heavy atom. The highest BCUT2D eigenvalue weighted by atomic mass is 19.1. The Balaban J connectivity index is 1.62. The Labute approximate surface area is 128 Å². The summed E-state index contributed by atoms with van der Waals surface area (Å²) in [5.74, 6) is 0.463. The smallest absolute Gasteiger partial charge is 0.318 e. The van der Waals surface area contributed by atoms with Gasteiger partial charge in [0.1, 0.15) is 17.3 Å². The van der Waals surface area contributed by atoms with Crippen LogP contribution in [0, 0.1) is 12.7 Å². The summed E-state index contributed by atoms with van der Waals surface area (Å²) in [6, 6.07) is 7.81. The van der Waals surface area contributed by atoms with E-state index < -0.39 is 0 Å². The van der Waals surface area contributed by atoms with Crippen LogP contribution in [0.4, 0.5) is 9.18 Å². The van der Waals surface area contributed by atoms with E-state index in [0.717, 1.165) is 29.9 Å². The topological polar surface area (TPSA) is 58.4 Å². The Morgan fingerprint density at radius 3 is 2.91 bits per heavy atom. The molecule has 1 N–H and O–H groups in total. The van der Waals surface area contributed by atoms with Crippen molar-refractivity contribution >= 4 is 6.03 Å². The van der Waals surface area contributed by atoms with Crippen molar-refractivity contribution in [2.24, 2.45) is 0 Å². The van der Waals surface area contributed by atoms with Crippen LogP contribution < -0.4 is 5.32 Å². The molecule has 1 fully saturated rings. The summed E-state index contributed by atoms with van der Waals surface area (Å²) in [6.07, 6.45) is 1.83. The van der Waals surface area contributed by atoms with Gasteiger partial charge in [-0.05, 0) is 37.5 Å². The Kier molecular flexibility index (Phi) is 4.09. The zero-order valence-corrected chi connectivity index (χ0v) is 12.4. The number of nitrogens with zero attached hydrogens (tertiary/aromatic N) is 2. The number of nitrogens with one attached hydrogen (secondary N) is 1. The first-order chi connectivity index (χ1) is 10.6. The zero-order chi connectivity index (χ0) is 15.5. The Hall–Kier alpha value is -2.37. The fraction of sp³-hybridized carbons (Fsp3) is 0.375. The number of likely N-dealkylation sites (tertiary alicyclic amines) is 1. The van der Waals surface area contributed by atoms with Gasteiger partial charge in [0.2, 0.25) is 0 Å². The number of carbonyl (C=O) groups excluding carboxylic acids is 1. The van der Waals surface area contributed by atoms with Crippen LogP contribution in [-0.2, 0) is 6.54 Å². The van der Waals surface area contributed by atoms with Crippen molar-refractivity contribution < 1.29 is 13.7 Å². The van der Waals surface area contributed by atoms with Gasteiger partial charge in [0.15, 0.2) is 0 Å². The summed E-state index contributed by atoms with van der Waals surface area (Å²) in [7, 11) is 0. The molecule has 1 aromatic carbocycles. The van der Waals surface area contributed by atoms with Crippen LogP contribution in [0.15, 0.2) is 34.9 Å². The summed E-state index contributed by atoms with van der Waals surface area (Å²) in [5, 5.41) is 6.89. The van der Waals surface area contributed by atoms with Gasteiger partial charge in [-0.3, -0.25) is 0 Å². The Morgan fingerprint density at radius 2 is 2.23 bits per heavy atom. The maximum Gasteiger partial charge on any atom is 0.318 e. The predicted octanol–water partition coefficient (Wildman–Crippen LogP) is 3.17. The fourth-order valence-corrected chi connectivity index (χ4v) is 2.74. The molecule has 2 amide bonds. The maximum absolute atomic E-state index is 12.9. The third-order valence-electron chi connectivity index (χ3n) is 3.86. The molecule has 1 aliphatic heterocycles. The lowest BCUT2D eigenvalue weighted by Gasteiger charge is -2.23. The highest BCUT2D eigenvalue weighted by molar-refractivity contribution is 5.75. The summed E-state index contributed by atoms with van der Waals surface area (Å²) in [6.45, 7) is 2.91. The number of hydrogen-bond acceptors (Lipinski definition) is 3. The molecule has 22 heavy (non-hydrogen) atoms. The van der Waals surface area contributed by atoms with Gasteiger partial charge in [-0.2, -0.15) is 0 Å². The number of hydrogen-bond donors (Lipinski definition) is 1. The maximum atomic E-state index is 12.9. The third-order valence-corrected chi connectivity index (χ3v) is 3.86. The van der Waals surface area contributed by atoms with Gasteiger partial charge in [-0.15, -0.1) is 0 Å². The first-order valence-corrected chi connectivity index (χ1v) is 7.35. The van der Waals surface area contributed by atoms with E-state index in [-0.39, 0.29) is 17.9 Å². The lowest BCUT2D eigenvalue weighted by atomic mass is 10.1. The van der Waals surface area contributed by atoms with Crippen LogP contribution in [0.1, 0.15) is 35.9 Å². The molecule has 1 saturated heterocycles. The molecule has 1 atom stereocenters. The molecule has 0 saturated carbocycles. The van der Waals surface area contributed by atoms with Crippen molar-refractivity contribution in [2.75, 3.05) is 6.54 Å². The summed E-state index contributed by atoms with van der Waals surface area (Å²) in [4.78, 5) is 14.1. The summed E-state index contributed by atoms with van der Waals surface area (Å²) in [5.41, 5.74) is 1.66. The van der Waals surface area contributed by atoms with Crippen LogP contribution in [0.2, 0.25) is 0 Å². The molecule has 1 unspecified atom stereocenters. The van der Waals surface area contributed by atoms with Crippen LogP contribution in [0.25, 0.3) is 0 Å². The first kappa shape index (κ1) is 14.6. The first-order valence-electron chi connectivity index (χ1n) is 7.35. The summed E-state index contributed by atoms with van der Waals surface area (Å²) < 4.78 is 18.0. The largest absolute Gasteiger partial charge is 0.361 e. The minimum absolute atomic E-state index is 0.0364. The molecule has 0 bridgehead atoms. The predicted molar refractivity (Wildman–Crippen MR) is 78.6 cm³/mol. The molecule has 2 aromatic rings. The van der Waals surface area contributed by atoms with Crippen molar-refractivity contribution in [3.63, 3.8) is 0 Å². The van der Waals surface area contributed by atoms with Crippen molar-refractivity contribution in [3.05, 3.63) is 53.2 Å². The number of halogens is 1. The van der Waals surface area contributed by atoms with Crippen molar-refractivity contribution in [2.45, 2.75) is 32.4 Å². The molecular formula is C16H18FN3O2. The van der Waals surface area contributed by atoms with Crippen molar-refractivity contribution in [3.8, 4) is 0 Å². The lowest BCUT2D eigenvalue weighted by Crippen LogP contribution is -2.39. The van der Waals surface area contributed by atoms with Gasteiger partial charge in [0.25, 0.3) is 0 Å². The highest BCUT2D eigenvalue weighted by Gasteiger charge is 2.31. The normalized spacial score (nSPS) is 17.7. The van der Waals surface area contributed by atoms with Gasteiger partial charge in [0, 0.05) is 19.2 Å². The monoisotopic (exact) mass is 303 g/mol. The number of aromatic nitrogens is 1. The second-order valence-corrected chi connectivity index (χ2v) is 5.50. The van der Waals surface area contributed by atoms with Crippen LogP contribution in [-0.4, -0.2) is 22.6 Å². The van der Waals surface area contributed by atoms with Crippen molar-refractivity contribution in [1.82, 2.24) is 15.4 Å². The van der Waals surface area contributed by atoms with E-state index in [9.17, 15) is 9.18 Å². The molecule has 116 valence electrons. The van der Waals surface area contributed by atoms with E-state index in [1.165, 1.54) is 12.1 Å². The summed E-state index contributed by atoms with van der Waals surface area (Å²) >= 11 is 0. The standard InChI is InChI=1S/C16H18FN3O2/c1-11-9-14(19-22-11)15-3-2-8-20(15)16(21)18-10-12-4-6-13(17)7-5-12/h4-7,9,15H,2-3,8,10H2,1H3,(H,18,21).